The van der Waals surface area contributed by atoms with Gasteiger partial charge in [-0.15, -0.1) is 0 Å². The molecule has 0 aliphatic carbocycles. The Kier molecular flexibility index (Phi) is 7.09. The van der Waals surface area contributed by atoms with Crippen molar-refractivity contribution in [1.82, 2.24) is 5.32 Å². The first-order valence-corrected chi connectivity index (χ1v) is 6.73. The Labute approximate surface area is 114 Å². The van der Waals surface area contributed by atoms with Crippen molar-refractivity contribution in [3.63, 3.8) is 0 Å². The summed E-state index contributed by atoms with van der Waals surface area (Å²) in [5.41, 5.74) is 0.987. The Morgan fingerprint density at radius 3 is 2.83 bits per heavy atom. The maximum Gasteiger partial charge on any atom is 0.124 e. The van der Waals surface area contributed by atoms with Gasteiger partial charge in [0.05, 0.1) is 7.11 Å². The van der Waals surface area contributed by atoms with E-state index in [0.717, 1.165) is 35.7 Å². The van der Waals surface area contributed by atoms with E-state index in [1.54, 1.807) is 7.11 Å². The molecule has 1 unspecified atom stereocenters. The summed E-state index contributed by atoms with van der Waals surface area (Å²) in [5, 5.41) is 13.0. The summed E-state index contributed by atoms with van der Waals surface area (Å²) in [4.78, 5) is 0. The topological polar surface area (TPSA) is 41.5 Å². The third-order valence-electron chi connectivity index (χ3n) is 3.15. The van der Waals surface area contributed by atoms with E-state index >= 15 is 0 Å². The van der Waals surface area contributed by atoms with Gasteiger partial charge in [-0.1, -0.05) is 31.0 Å². The standard InChI is InChI=1S/C14H22ClNO2/c1-3-11(7-8-17)9-16-10-12-13(15)5-4-6-14(12)18-2/h4-6,11,16-17H,3,7-10H2,1-2H3. The minimum atomic E-state index is 0.246. The van der Waals surface area contributed by atoms with Crippen molar-refractivity contribution < 1.29 is 9.84 Å². The number of nitrogens with one attached hydrogen (secondary N) is 1. The summed E-state index contributed by atoms with van der Waals surface area (Å²) in [6.07, 6.45) is 1.90. The Morgan fingerprint density at radius 2 is 2.22 bits per heavy atom. The fourth-order valence-corrected chi connectivity index (χ4v) is 2.17. The number of aliphatic hydroxyl groups is 1. The van der Waals surface area contributed by atoms with Gasteiger partial charge in [0.25, 0.3) is 0 Å². The van der Waals surface area contributed by atoms with Gasteiger partial charge in [-0.25, -0.2) is 0 Å². The van der Waals surface area contributed by atoms with Gasteiger partial charge in [0.1, 0.15) is 5.75 Å². The summed E-state index contributed by atoms with van der Waals surface area (Å²) >= 11 is 6.16. The van der Waals surface area contributed by atoms with Crippen molar-refractivity contribution in [2.45, 2.75) is 26.3 Å². The molecule has 102 valence electrons. The fraction of sp³-hybridized carbons (Fsp3) is 0.571. The molecule has 0 radical (unpaired) electrons. The molecule has 0 aromatic heterocycles. The lowest BCUT2D eigenvalue weighted by Crippen LogP contribution is -2.23. The van der Waals surface area contributed by atoms with Crippen LogP contribution in [0.25, 0.3) is 0 Å². The molecule has 0 amide bonds. The molecule has 3 nitrogen and oxygen atoms in total. The molecular formula is C14H22ClNO2. The third-order valence-corrected chi connectivity index (χ3v) is 3.50. The van der Waals surface area contributed by atoms with Crippen LogP contribution in [0.4, 0.5) is 0 Å². The summed E-state index contributed by atoms with van der Waals surface area (Å²) in [6, 6.07) is 5.66. The molecule has 2 N–H and O–H groups in total. The Morgan fingerprint density at radius 1 is 1.44 bits per heavy atom. The van der Waals surface area contributed by atoms with E-state index in [9.17, 15) is 0 Å². The molecular weight excluding hydrogens is 250 g/mol. The van der Waals surface area contributed by atoms with Crippen LogP contribution >= 0.6 is 11.6 Å². The number of ether oxygens (including phenoxy) is 1. The van der Waals surface area contributed by atoms with Gasteiger partial charge in [0.2, 0.25) is 0 Å². The van der Waals surface area contributed by atoms with E-state index in [4.69, 9.17) is 21.4 Å². The second-order valence-corrected chi connectivity index (χ2v) is 4.75. The molecule has 0 aliphatic rings. The molecule has 1 aromatic rings. The van der Waals surface area contributed by atoms with Gasteiger partial charge in [0.15, 0.2) is 0 Å². The van der Waals surface area contributed by atoms with Crippen LogP contribution in [-0.2, 0) is 6.54 Å². The number of aliphatic hydroxyl groups excluding tert-OH is 1. The first-order valence-electron chi connectivity index (χ1n) is 6.35. The number of benzene rings is 1. The van der Waals surface area contributed by atoms with E-state index in [0.29, 0.717) is 12.5 Å². The molecule has 0 aliphatic heterocycles. The van der Waals surface area contributed by atoms with Crippen molar-refractivity contribution in [2.75, 3.05) is 20.3 Å². The van der Waals surface area contributed by atoms with Crippen LogP contribution in [0.5, 0.6) is 5.75 Å². The molecule has 0 heterocycles. The summed E-state index contributed by atoms with van der Waals surface area (Å²) in [5.74, 6) is 1.31. The number of halogens is 1. The molecule has 1 atom stereocenters. The van der Waals surface area contributed by atoms with Crippen LogP contribution in [0.3, 0.4) is 0 Å². The van der Waals surface area contributed by atoms with Crippen molar-refractivity contribution in [3.8, 4) is 5.75 Å². The van der Waals surface area contributed by atoms with Gasteiger partial charge in [-0.05, 0) is 31.0 Å². The molecule has 4 heteroatoms. The Balaban J connectivity index is 2.52. The lowest BCUT2D eigenvalue weighted by molar-refractivity contribution is 0.251. The van der Waals surface area contributed by atoms with Crippen LogP contribution in [-0.4, -0.2) is 25.4 Å². The zero-order valence-electron chi connectivity index (χ0n) is 11.1. The largest absolute Gasteiger partial charge is 0.496 e. The predicted molar refractivity (Wildman–Crippen MR) is 75.2 cm³/mol. The highest BCUT2D eigenvalue weighted by atomic mass is 35.5. The number of hydrogen-bond acceptors (Lipinski definition) is 3. The highest BCUT2D eigenvalue weighted by Gasteiger charge is 2.09. The highest BCUT2D eigenvalue weighted by Crippen LogP contribution is 2.25. The summed E-state index contributed by atoms with van der Waals surface area (Å²) < 4.78 is 5.29. The van der Waals surface area contributed by atoms with E-state index in [1.807, 2.05) is 18.2 Å². The lowest BCUT2D eigenvalue weighted by Gasteiger charge is -2.16. The molecule has 0 saturated heterocycles. The molecule has 18 heavy (non-hydrogen) atoms. The predicted octanol–water partition coefficient (Wildman–Crippen LogP) is 2.85. The minimum Gasteiger partial charge on any atom is -0.496 e. The first-order chi connectivity index (χ1) is 8.72. The molecule has 1 rings (SSSR count). The van der Waals surface area contributed by atoms with Crippen molar-refractivity contribution >= 4 is 11.6 Å². The summed E-state index contributed by atoms with van der Waals surface area (Å²) in [7, 11) is 1.65. The zero-order chi connectivity index (χ0) is 13.4. The average molecular weight is 272 g/mol. The van der Waals surface area contributed by atoms with Crippen LogP contribution in [0.2, 0.25) is 5.02 Å². The smallest absolute Gasteiger partial charge is 0.124 e. The fourth-order valence-electron chi connectivity index (χ4n) is 1.94. The monoisotopic (exact) mass is 271 g/mol. The second kappa shape index (κ2) is 8.35. The maximum atomic E-state index is 8.94. The SMILES string of the molecule is CCC(CCO)CNCc1c(Cl)cccc1OC. The van der Waals surface area contributed by atoms with Gasteiger partial charge >= 0.3 is 0 Å². The quantitative estimate of drug-likeness (QED) is 0.764. The number of hydrogen-bond donors (Lipinski definition) is 2. The first kappa shape index (κ1) is 15.3. The molecule has 0 bridgehead atoms. The summed E-state index contributed by atoms with van der Waals surface area (Å²) in [6.45, 7) is 3.95. The van der Waals surface area contributed by atoms with Crippen molar-refractivity contribution in [3.05, 3.63) is 28.8 Å². The highest BCUT2D eigenvalue weighted by molar-refractivity contribution is 6.31. The zero-order valence-corrected chi connectivity index (χ0v) is 11.8. The molecule has 0 spiro atoms. The second-order valence-electron chi connectivity index (χ2n) is 4.34. The van der Waals surface area contributed by atoms with Crippen LogP contribution in [0, 0.1) is 5.92 Å². The number of methoxy groups -OCH3 is 1. The normalized spacial score (nSPS) is 12.4. The van der Waals surface area contributed by atoms with E-state index < -0.39 is 0 Å². The van der Waals surface area contributed by atoms with Crippen LogP contribution < -0.4 is 10.1 Å². The molecule has 0 saturated carbocycles. The van der Waals surface area contributed by atoms with Gasteiger partial charge in [0, 0.05) is 23.7 Å². The average Bonchev–Trinajstić information content (AvgIpc) is 2.39. The van der Waals surface area contributed by atoms with E-state index in [1.165, 1.54) is 0 Å². The van der Waals surface area contributed by atoms with Gasteiger partial charge in [-0.3, -0.25) is 0 Å². The molecule has 0 fully saturated rings. The Hall–Kier alpha value is -0.770. The van der Waals surface area contributed by atoms with E-state index in [-0.39, 0.29) is 6.61 Å². The van der Waals surface area contributed by atoms with Gasteiger partial charge in [-0.2, -0.15) is 0 Å². The minimum absolute atomic E-state index is 0.246. The van der Waals surface area contributed by atoms with Crippen LogP contribution in [0.1, 0.15) is 25.3 Å². The molecule has 1 aromatic carbocycles. The maximum absolute atomic E-state index is 8.94. The van der Waals surface area contributed by atoms with Crippen molar-refractivity contribution in [2.24, 2.45) is 5.92 Å². The number of rotatable bonds is 8. The van der Waals surface area contributed by atoms with E-state index in [2.05, 4.69) is 12.2 Å². The third kappa shape index (κ3) is 4.48. The van der Waals surface area contributed by atoms with Gasteiger partial charge < -0.3 is 15.2 Å². The Bertz CT molecular complexity index is 358. The van der Waals surface area contributed by atoms with Crippen LogP contribution in [0.15, 0.2) is 18.2 Å². The lowest BCUT2D eigenvalue weighted by atomic mass is 10.0. The van der Waals surface area contributed by atoms with Crippen molar-refractivity contribution in [1.29, 1.82) is 0 Å².